The molecule has 6 heteroatoms. The predicted molar refractivity (Wildman–Crippen MR) is 133 cm³/mol. The Labute approximate surface area is 190 Å². The Hall–Kier alpha value is -4.16. The van der Waals surface area contributed by atoms with Crippen LogP contribution in [0.1, 0.15) is 15.2 Å². The number of hydrogen-bond acceptors (Lipinski definition) is 4. The first-order valence-corrected chi connectivity index (χ1v) is 10.9. The Balaban J connectivity index is 1.40. The molecule has 0 bridgehead atoms. The van der Waals surface area contributed by atoms with Crippen molar-refractivity contribution in [3.8, 4) is 0 Å². The summed E-state index contributed by atoms with van der Waals surface area (Å²) in [6.45, 7) is 0. The van der Waals surface area contributed by atoms with E-state index in [0.717, 1.165) is 16.3 Å². The molecule has 1 heterocycles. The fraction of sp³-hybridized carbons (Fsp3) is 0. The van der Waals surface area contributed by atoms with Crippen molar-refractivity contribution in [2.45, 2.75) is 0 Å². The van der Waals surface area contributed by atoms with Crippen LogP contribution in [0.15, 0.2) is 102 Å². The van der Waals surface area contributed by atoms with Gasteiger partial charge >= 0.3 is 0 Å². The molecule has 4 aromatic rings. The number of thiophene rings is 1. The summed E-state index contributed by atoms with van der Waals surface area (Å²) < 4.78 is 0. The van der Waals surface area contributed by atoms with Gasteiger partial charge < -0.3 is 16.0 Å². The van der Waals surface area contributed by atoms with Crippen LogP contribution in [0.3, 0.4) is 0 Å². The lowest BCUT2D eigenvalue weighted by molar-refractivity contribution is -0.111. The SMILES string of the molecule is O=C(/C=C/c1cccs1)Nc1ccccc1C(=O)Nc1ccc(Nc2ccccc2)cc1. The van der Waals surface area contributed by atoms with Crippen LogP contribution in [0.2, 0.25) is 0 Å². The number of anilines is 4. The van der Waals surface area contributed by atoms with Crippen LogP contribution >= 0.6 is 11.3 Å². The molecular formula is C26H21N3O2S. The van der Waals surface area contributed by atoms with Crippen LogP contribution in [0.25, 0.3) is 6.08 Å². The molecule has 32 heavy (non-hydrogen) atoms. The second-order valence-electron chi connectivity index (χ2n) is 6.91. The maximum absolute atomic E-state index is 12.8. The van der Waals surface area contributed by atoms with Crippen molar-refractivity contribution in [3.05, 3.63) is 113 Å². The largest absolute Gasteiger partial charge is 0.356 e. The molecule has 0 radical (unpaired) electrons. The minimum absolute atomic E-state index is 0.296. The normalized spacial score (nSPS) is 10.6. The van der Waals surface area contributed by atoms with E-state index in [1.165, 1.54) is 6.08 Å². The Bertz CT molecular complexity index is 1220. The van der Waals surface area contributed by atoms with Gasteiger partial charge in [0.15, 0.2) is 0 Å². The van der Waals surface area contributed by atoms with Crippen molar-refractivity contribution >= 4 is 52.0 Å². The van der Waals surface area contributed by atoms with Gasteiger partial charge in [-0.1, -0.05) is 36.4 Å². The lowest BCUT2D eigenvalue weighted by Gasteiger charge is -2.11. The fourth-order valence-electron chi connectivity index (χ4n) is 3.03. The molecule has 3 N–H and O–H groups in total. The zero-order valence-electron chi connectivity index (χ0n) is 17.1. The van der Waals surface area contributed by atoms with Gasteiger partial charge in [0.05, 0.1) is 11.3 Å². The first-order chi connectivity index (χ1) is 15.7. The molecule has 0 atom stereocenters. The number of amides is 2. The average molecular weight is 440 g/mol. The molecule has 0 aliphatic rings. The molecule has 4 rings (SSSR count). The maximum atomic E-state index is 12.8. The number of para-hydroxylation sites is 2. The Kier molecular flexibility index (Phi) is 6.75. The van der Waals surface area contributed by atoms with Crippen LogP contribution < -0.4 is 16.0 Å². The monoisotopic (exact) mass is 439 g/mol. The lowest BCUT2D eigenvalue weighted by atomic mass is 10.1. The molecule has 5 nitrogen and oxygen atoms in total. The van der Waals surface area contributed by atoms with Crippen LogP contribution in [0, 0.1) is 0 Å². The number of carbonyl (C=O) groups is 2. The van der Waals surface area contributed by atoms with Gasteiger partial charge in [-0.05, 0) is 66.1 Å². The lowest BCUT2D eigenvalue weighted by Crippen LogP contribution is -2.17. The van der Waals surface area contributed by atoms with Gasteiger partial charge in [-0.25, -0.2) is 0 Å². The van der Waals surface area contributed by atoms with Crippen LogP contribution in [0.4, 0.5) is 22.7 Å². The number of benzene rings is 3. The molecule has 1 aromatic heterocycles. The topological polar surface area (TPSA) is 70.2 Å². The van der Waals surface area contributed by atoms with E-state index in [1.54, 1.807) is 41.7 Å². The zero-order valence-corrected chi connectivity index (χ0v) is 17.9. The summed E-state index contributed by atoms with van der Waals surface area (Å²) in [4.78, 5) is 26.1. The van der Waals surface area contributed by atoms with Gasteiger partial charge in [0, 0.05) is 28.0 Å². The summed E-state index contributed by atoms with van der Waals surface area (Å²) >= 11 is 1.55. The molecule has 2 amide bonds. The third-order valence-corrected chi connectivity index (χ3v) is 5.41. The molecule has 0 saturated carbocycles. The summed E-state index contributed by atoms with van der Waals surface area (Å²) in [6, 6.07) is 28.1. The van der Waals surface area contributed by atoms with E-state index in [0.29, 0.717) is 16.9 Å². The standard InChI is InChI=1S/C26H21N3O2S/c30-25(17-16-22-9-6-18-32-22)29-24-11-5-4-10-23(24)26(31)28-21-14-12-20(13-15-21)27-19-7-2-1-3-8-19/h1-18,27H,(H,28,31)(H,29,30)/b17-16+. The molecule has 0 aliphatic carbocycles. The summed E-state index contributed by atoms with van der Waals surface area (Å²) in [7, 11) is 0. The molecule has 158 valence electrons. The van der Waals surface area contributed by atoms with Crippen molar-refractivity contribution in [1.29, 1.82) is 0 Å². The highest BCUT2D eigenvalue weighted by atomic mass is 32.1. The molecule has 0 unspecified atom stereocenters. The first-order valence-electron chi connectivity index (χ1n) is 10.0. The first kappa shape index (κ1) is 21.1. The van der Waals surface area contributed by atoms with Crippen LogP contribution in [-0.4, -0.2) is 11.8 Å². The molecule has 0 aliphatic heterocycles. The molecular weight excluding hydrogens is 418 g/mol. The zero-order chi connectivity index (χ0) is 22.2. The fourth-order valence-corrected chi connectivity index (χ4v) is 3.65. The summed E-state index contributed by atoms with van der Waals surface area (Å²) in [6.07, 6.45) is 3.20. The van der Waals surface area contributed by atoms with E-state index in [2.05, 4.69) is 16.0 Å². The van der Waals surface area contributed by atoms with Gasteiger partial charge in [-0.2, -0.15) is 0 Å². The van der Waals surface area contributed by atoms with E-state index >= 15 is 0 Å². The van der Waals surface area contributed by atoms with Crippen molar-refractivity contribution in [1.82, 2.24) is 0 Å². The predicted octanol–water partition coefficient (Wildman–Crippen LogP) is 6.40. The summed E-state index contributed by atoms with van der Waals surface area (Å²) in [5.74, 6) is -0.595. The van der Waals surface area contributed by atoms with Crippen LogP contribution in [-0.2, 0) is 4.79 Å². The highest BCUT2D eigenvalue weighted by Gasteiger charge is 2.12. The Morgan fingerprint density at radius 2 is 1.38 bits per heavy atom. The Morgan fingerprint density at radius 1 is 0.688 bits per heavy atom. The van der Waals surface area contributed by atoms with Gasteiger partial charge in [0.25, 0.3) is 5.91 Å². The van der Waals surface area contributed by atoms with Gasteiger partial charge in [0.2, 0.25) is 5.91 Å². The quantitative estimate of drug-likeness (QED) is 0.292. The van der Waals surface area contributed by atoms with E-state index < -0.39 is 0 Å². The maximum Gasteiger partial charge on any atom is 0.257 e. The highest BCUT2D eigenvalue weighted by molar-refractivity contribution is 7.10. The van der Waals surface area contributed by atoms with Crippen molar-refractivity contribution in [2.75, 3.05) is 16.0 Å². The third-order valence-electron chi connectivity index (χ3n) is 4.58. The molecule has 3 aromatic carbocycles. The molecule has 0 spiro atoms. The minimum Gasteiger partial charge on any atom is -0.356 e. The molecule has 0 saturated heterocycles. The minimum atomic E-state index is -0.299. The van der Waals surface area contributed by atoms with E-state index in [9.17, 15) is 9.59 Å². The molecule has 0 fully saturated rings. The average Bonchev–Trinajstić information content (AvgIpc) is 3.34. The van der Waals surface area contributed by atoms with E-state index in [1.807, 2.05) is 72.1 Å². The van der Waals surface area contributed by atoms with E-state index in [-0.39, 0.29) is 11.8 Å². The van der Waals surface area contributed by atoms with Crippen molar-refractivity contribution in [2.24, 2.45) is 0 Å². The van der Waals surface area contributed by atoms with E-state index in [4.69, 9.17) is 0 Å². The Morgan fingerprint density at radius 3 is 2.12 bits per heavy atom. The number of carbonyl (C=O) groups excluding carboxylic acids is 2. The number of hydrogen-bond donors (Lipinski definition) is 3. The third kappa shape index (κ3) is 5.71. The second-order valence-corrected chi connectivity index (χ2v) is 7.89. The van der Waals surface area contributed by atoms with Gasteiger partial charge in [-0.3, -0.25) is 9.59 Å². The number of nitrogens with one attached hydrogen (secondary N) is 3. The highest BCUT2D eigenvalue weighted by Crippen LogP contribution is 2.21. The van der Waals surface area contributed by atoms with Gasteiger partial charge in [0.1, 0.15) is 0 Å². The summed E-state index contributed by atoms with van der Waals surface area (Å²) in [5, 5.41) is 10.9. The van der Waals surface area contributed by atoms with Crippen LogP contribution in [0.5, 0.6) is 0 Å². The van der Waals surface area contributed by atoms with Crippen molar-refractivity contribution in [3.63, 3.8) is 0 Å². The van der Waals surface area contributed by atoms with Gasteiger partial charge in [-0.15, -0.1) is 11.3 Å². The van der Waals surface area contributed by atoms with Crippen molar-refractivity contribution < 1.29 is 9.59 Å². The smallest absolute Gasteiger partial charge is 0.257 e. The second kappa shape index (κ2) is 10.2. The number of rotatable bonds is 7. The summed E-state index contributed by atoms with van der Waals surface area (Å²) in [5.41, 5.74) is 3.40.